The first-order chi connectivity index (χ1) is 9.83. The van der Waals surface area contributed by atoms with E-state index < -0.39 is 0 Å². The largest absolute Gasteiger partial charge is 0.198 e. The predicted molar refractivity (Wildman–Crippen MR) is 84.6 cm³/mol. The molecule has 1 aromatic carbocycles. The molecule has 0 atom stereocenters. The minimum Gasteiger partial charge on any atom is -0.198 e. The van der Waals surface area contributed by atoms with Crippen LogP contribution in [0.5, 0.6) is 0 Å². The van der Waals surface area contributed by atoms with Gasteiger partial charge in [-0.25, -0.2) is 0 Å². The lowest BCUT2D eigenvalue weighted by molar-refractivity contribution is 0.382. The Morgan fingerprint density at radius 3 is 2.30 bits per heavy atom. The van der Waals surface area contributed by atoms with Gasteiger partial charge in [-0.05, 0) is 55.6 Å². The Kier molecular flexibility index (Phi) is 6.12. The fourth-order valence-electron chi connectivity index (χ4n) is 3.27. The minimum atomic E-state index is 0.309. The van der Waals surface area contributed by atoms with E-state index in [4.69, 9.17) is 5.26 Å². The Balaban J connectivity index is 1.81. The minimum absolute atomic E-state index is 0.309. The number of rotatable bonds is 6. The first kappa shape index (κ1) is 15.1. The molecule has 0 heterocycles. The van der Waals surface area contributed by atoms with Crippen molar-refractivity contribution in [1.82, 2.24) is 0 Å². The van der Waals surface area contributed by atoms with Crippen LogP contribution < -0.4 is 0 Å². The third kappa shape index (κ3) is 4.37. The molecule has 1 nitrogen and oxygen atoms in total. The van der Waals surface area contributed by atoms with Crippen LogP contribution in [-0.4, -0.2) is 0 Å². The second-order valence-electron chi connectivity index (χ2n) is 6.23. The van der Waals surface area contributed by atoms with Crippen LogP contribution in [0.15, 0.2) is 24.3 Å². The van der Waals surface area contributed by atoms with Crippen molar-refractivity contribution in [2.75, 3.05) is 0 Å². The molecule has 2 rings (SSSR count). The average Bonchev–Trinajstić information content (AvgIpc) is 2.52. The summed E-state index contributed by atoms with van der Waals surface area (Å²) in [4.78, 5) is 0. The molecule has 0 aliphatic heterocycles. The fraction of sp³-hybridized carbons (Fsp3) is 0.632. The quantitative estimate of drug-likeness (QED) is 0.616. The number of hydrogen-bond donors (Lipinski definition) is 0. The van der Waals surface area contributed by atoms with E-state index >= 15 is 0 Å². The second-order valence-corrected chi connectivity index (χ2v) is 6.23. The Morgan fingerprint density at radius 1 is 1.00 bits per heavy atom. The van der Waals surface area contributed by atoms with E-state index in [1.807, 2.05) is 0 Å². The highest BCUT2D eigenvalue weighted by molar-refractivity contribution is 5.26. The summed E-state index contributed by atoms with van der Waals surface area (Å²) >= 11 is 0. The van der Waals surface area contributed by atoms with Crippen LogP contribution in [0.2, 0.25) is 0 Å². The normalized spacial score (nSPS) is 22.4. The molecule has 1 aliphatic carbocycles. The monoisotopic (exact) mass is 269 g/mol. The van der Waals surface area contributed by atoms with Crippen molar-refractivity contribution in [2.24, 2.45) is 5.92 Å². The Bertz CT molecular complexity index is 418. The van der Waals surface area contributed by atoms with E-state index in [9.17, 15) is 0 Å². The summed E-state index contributed by atoms with van der Waals surface area (Å²) in [5.74, 6) is 0.998. The molecule has 1 aliphatic rings. The molecule has 0 radical (unpaired) electrons. The topological polar surface area (TPSA) is 23.8 Å². The van der Waals surface area contributed by atoms with E-state index in [-0.39, 0.29) is 0 Å². The van der Waals surface area contributed by atoms with Crippen LogP contribution in [0.4, 0.5) is 0 Å². The second kappa shape index (κ2) is 8.10. The van der Waals surface area contributed by atoms with Gasteiger partial charge in [0.25, 0.3) is 0 Å². The lowest BCUT2D eigenvalue weighted by atomic mass is 9.79. The van der Waals surface area contributed by atoms with Gasteiger partial charge in [0.15, 0.2) is 0 Å². The first-order valence-corrected chi connectivity index (χ1v) is 8.32. The number of benzene rings is 1. The summed E-state index contributed by atoms with van der Waals surface area (Å²) in [6.07, 6.45) is 11.1. The van der Waals surface area contributed by atoms with Gasteiger partial charge in [-0.2, -0.15) is 5.26 Å². The van der Waals surface area contributed by atoms with Crippen molar-refractivity contribution in [1.29, 1.82) is 5.26 Å². The van der Waals surface area contributed by atoms with Gasteiger partial charge >= 0.3 is 0 Å². The van der Waals surface area contributed by atoms with Gasteiger partial charge in [0.2, 0.25) is 0 Å². The number of aryl methyl sites for hydroxylation is 1. The van der Waals surface area contributed by atoms with Crippen molar-refractivity contribution in [3.05, 3.63) is 35.4 Å². The molecule has 0 amide bonds. The van der Waals surface area contributed by atoms with Gasteiger partial charge in [-0.15, -0.1) is 0 Å². The Hall–Kier alpha value is -1.29. The molecule has 1 aromatic rings. The molecule has 0 aromatic heterocycles. The lowest BCUT2D eigenvalue weighted by Gasteiger charge is -2.25. The third-order valence-corrected chi connectivity index (χ3v) is 4.68. The zero-order valence-corrected chi connectivity index (χ0v) is 12.8. The van der Waals surface area contributed by atoms with Crippen LogP contribution in [0.3, 0.4) is 0 Å². The lowest BCUT2D eigenvalue weighted by Crippen LogP contribution is -2.11. The zero-order valence-electron chi connectivity index (χ0n) is 12.8. The molecule has 1 heteroatoms. The summed E-state index contributed by atoms with van der Waals surface area (Å²) in [5, 5.41) is 8.95. The van der Waals surface area contributed by atoms with Crippen molar-refractivity contribution >= 4 is 0 Å². The smallest absolute Gasteiger partial charge is 0.0655 e. The van der Waals surface area contributed by atoms with Gasteiger partial charge in [0.1, 0.15) is 0 Å². The maximum Gasteiger partial charge on any atom is 0.0655 e. The zero-order chi connectivity index (χ0) is 14.2. The van der Waals surface area contributed by atoms with E-state index in [2.05, 4.69) is 37.3 Å². The maximum atomic E-state index is 8.95. The molecule has 1 saturated carbocycles. The molecule has 0 saturated heterocycles. The standard InChI is InChI=1S/C19H27N/c1-2-3-4-5-6-16-7-11-18(12-8-16)19-13-9-17(15-20)10-14-19/h7-8,11-12,17,19H,2-6,9-10,13-14H2,1H3. The van der Waals surface area contributed by atoms with Crippen LogP contribution in [0.1, 0.15) is 75.3 Å². The van der Waals surface area contributed by atoms with Gasteiger partial charge in [0, 0.05) is 5.92 Å². The van der Waals surface area contributed by atoms with Crippen molar-refractivity contribution in [2.45, 2.75) is 70.6 Å². The van der Waals surface area contributed by atoms with E-state index in [0.717, 1.165) is 12.8 Å². The highest BCUT2D eigenvalue weighted by Gasteiger charge is 2.21. The third-order valence-electron chi connectivity index (χ3n) is 4.68. The van der Waals surface area contributed by atoms with E-state index in [0.29, 0.717) is 11.8 Å². The molecule has 20 heavy (non-hydrogen) atoms. The number of unbranched alkanes of at least 4 members (excludes halogenated alkanes) is 3. The molecular formula is C19H27N. The van der Waals surface area contributed by atoms with Gasteiger partial charge in [-0.1, -0.05) is 50.5 Å². The molecule has 1 fully saturated rings. The summed E-state index contributed by atoms with van der Waals surface area (Å²) in [7, 11) is 0. The number of nitriles is 1. The molecule has 0 unspecified atom stereocenters. The highest BCUT2D eigenvalue weighted by Crippen LogP contribution is 2.35. The van der Waals surface area contributed by atoms with Crippen molar-refractivity contribution in [3.8, 4) is 6.07 Å². The summed E-state index contributed by atoms with van der Waals surface area (Å²) in [6, 6.07) is 11.7. The fourth-order valence-corrected chi connectivity index (χ4v) is 3.27. The summed E-state index contributed by atoms with van der Waals surface area (Å²) in [6.45, 7) is 2.26. The summed E-state index contributed by atoms with van der Waals surface area (Å²) < 4.78 is 0. The molecular weight excluding hydrogens is 242 g/mol. The maximum absolute atomic E-state index is 8.95. The van der Waals surface area contributed by atoms with Gasteiger partial charge in [-0.3, -0.25) is 0 Å². The Morgan fingerprint density at radius 2 is 1.70 bits per heavy atom. The number of nitrogens with zero attached hydrogens (tertiary/aromatic N) is 1. The molecule has 0 N–H and O–H groups in total. The highest BCUT2D eigenvalue weighted by atomic mass is 14.3. The summed E-state index contributed by atoms with van der Waals surface area (Å²) in [5.41, 5.74) is 2.97. The van der Waals surface area contributed by atoms with Crippen LogP contribution in [0.25, 0.3) is 0 Å². The predicted octanol–water partition coefficient (Wildman–Crippen LogP) is 5.61. The number of hydrogen-bond acceptors (Lipinski definition) is 1. The van der Waals surface area contributed by atoms with E-state index in [1.54, 1.807) is 0 Å². The molecule has 0 bridgehead atoms. The average molecular weight is 269 g/mol. The van der Waals surface area contributed by atoms with E-state index in [1.165, 1.54) is 56.1 Å². The van der Waals surface area contributed by atoms with Crippen LogP contribution >= 0.6 is 0 Å². The molecule has 108 valence electrons. The SMILES string of the molecule is CCCCCCc1ccc(C2CCC(C#N)CC2)cc1. The van der Waals surface area contributed by atoms with Crippen LogP contribution in [-0.2, 0) is 6.42 Å². The molecule has 0 spiro atoms. The van der Waals surface area contributed by atoms with Crippen molar-refractivity contribution in [3.63, 3.8) is 0 Å². The van der Waals surface area contributed by atoms with Gasteiger partial charge in [0.05, 0.1) is 6.07 Å². The van der Waals surface area contributed by atoms with Crippen molar-refractivity contribution < 1.29 is 0 Å². The van der Waals surface area contributed by atoms with Gasteiger partial charge < -0.3 is 0 Å². The Labute approximate surface area is 124 Å². The van der Waals surface area contributed by atoms with Crippen LogP contribution in [0, 0.1) is 17.2 Å². The first-order valence-electron chi connectivity index (χ1n) is 8.32.